The number of para-hydroxylation sites is 1. The van der Waals surface area contributed by atoms with Crippen molar-refractivity contribution in [3.8, 4) is 0 Å². The summed E-state index contributed by atoms with van der Waals surface area (Å²) < 4.78 is 4.86. The molecule has 1 aliphatic heterocycles. The molecule has 2 aromatic rings. The van der Waals surface area contributed by atoms with Crippen LogP contribution in [0, 0.1) is 0 Å². The number of thiazole rings is 1. The van der Waals surface area contributed by atoms with Crippen LogP contribution in [0.3, 0.4) is 0 Å². The normalized spacial score (nSPS) is 13.8. The number of hydrogen-bond donors (Lipinski definition) is 2. The predicted octanol–water partition coefficient (Wildman–Crippen LogP) is 2.71. The lowest BCUT2D eigenvalue weighted by Gasteiger charge is -2.25. The standard InChI is InChI=1S/C17H20N4O3S/c1-2-24-17(23)20-16-19-13-8-9-21(10-14(13)25-16)11-15(22)18-12-6-4-3-5-7-12/h3-7H,2,8-11H2,1H3,(H,18,22)(H,19,20,23). The number of amides is 2. The van der Waals surface area contributed by atoms with Crippen molar-refractivity contribution in [2.75, 3.05) is 30.3 Å². The maximum absolute atomic E-state index is 12.2. The van der Waals surface area contributed by atoms with Crippen molar-refractivity contribution in [3.05, 3.63) is 40.9 Å². The molecule has 0 fully saturated rings. The fourth-order valence-electron chi connectivity index (χ4n) is 2.62. The lowest BCUT2D eigenvalue weighted by molar-refractivity contribution is -0.117. The van der Waals surface area contributed by atoms with Gasteiger partial charge in [0, 0.05) is 30.1 Å². The number of benzene rings is 1. The van der Waals surface area contributed by atoms with Gasteiger partial charge in [-0.25, -0.2) is 9.78 Å². The van der Waals surface area contributed by atoms with E-state index in [9.17, 15) is 9.59 Å². The number of fused-ring (bicyclic) bond motifs is 1. The van der Waals surface area contributed by atoms with E-state index in [2.05, 4.69) is 20.5 Å². The van der Waals surface area contributed by atoms with E-state index in [-0.39, 0.29) is 5.91 Å². The molecule has 2 amide bonds. The van der Waals surface area contributed by atoms with Crippen molar-refractivity contribution >= 4 is 34.2 Å². The van der Waals surface area contributed by atoms with Crippen LogP contribution in [0.1, 0.15) is 17.5 Å². The van der Waals surface area contributed by atoms with Crippen LogP contribution >= 0.6 is 11.3 Å². The third kappa shape index (κ3) is 4.77. The molecule has 3 rings (SSSR count). The van der Waals surface area contributed by atoms with Gasteiger partial charge in [0.2, 0.25) is 5.91 Å². The maximum Gasteiger partial charge on any atom is 0.413 e. The summed E-state index contributed by atoms with van der Waals surface area (Å²) in [6.45, 7) is 3.82. The Morgan fingerprint density at radius 3 is 2.84 bits per heavy atom. The van der Waals surface area contributed by atoms with Crippen molar-refractivity contribution in [1.29, 1.82) is 0 Å². The van der Waals surface area contributed by atoms with Gasteiger partial charge >= 0.3 is 6.09 Å². The molecule has 2 N–H and O–H groups in total. The Hall–Kier alpha value is -2.45. The third-order valence-corrected chi connectivity index (χ3v) is 4.72. The lowest BCUT2D eigenvalue weighted by atomic mass is 10.2. The minimum absolute atomic E-state index is 0.0379. The molecule has 0 spiro atoms. The molecule has 0 aliphatic carbocycles. The molecule has 1 aromatic carbocycles. The van der Waals surface area contributed by atoms with Crippen molar-refractivity contribution in [2.24, 2.45) is 0 Å². The smallest absolute Gasteiger partial charge is 0.413 e. The Morgan fingerprint density at radius 1 is 1.28 bits per heavy atom. The zero-order valence-corrected chi connectivity index (χ0v) is 14.8. The first-order valence-electron chi connectivity index (χ1n) is 8.13. The summed E-state index contributed by atoms with van der Waals surface area (Å²) in [5.41, 5.74) is 1.78. The molecule has 0 bridgehead atoms. The van der Waals surface area contributed by atoms with Gasteiger partial charge in [-0.3, -0.25) is 15.0 Å². The quantitative estimate of drug-likeness (QED) is 0.856. The van der Waals surface area contributed by atoms with Gasteiger partial charge in [-0.15, -0.1) is 0 Å². The Balaban J connectivity index is 1.55. The Bertz CT molecular complexity index is 748. The highest BCUT2D eigenvalue weighted by Crippen LogP contribution is 2.28. The topological polar surface area (TPSA) is 83.6 Å². The average Bonchev–Trinajstić information content (AvgIpc) is 2.97. The van der Waals surface area contributed by atoms with E-state index < -0.39 is 6.09 Å². The summed E-state index contributed by atoms with van der Waals surface area (Å²) in [6, 6.07) is 9.41. The number of aromatic nitrogens is 1. The molecule has 2 heterocycles. The predicted molar refractivity (Wildman–Crippen MR) is 96.8 cm³/mol. The summed E-state index contributed by atoms with van der Waals surface area (Å²) in [4.78, 5) is 31.2. The van der Waals surface area contributed by atoms with Crippen LogP contribution in [0.15, 0.2) is 30.3 Å². The summed E-state index contributed by atoms with van der Waals surface area (Å²) >= 11 is 1.43. The molecule has 0 radical (unpaired) electrons. The van der Waals surface area contributed by atoms with Crippen LogP contribution in [-0.4, -0.2) is 41.6 Å². The number of rotatable bonds is 5. The SMILES string of the molecule is CCOC(=O)Nc1nc2c(s1)CN(CC(=O)Nc1ccccc1)CC2. The molecular formula is C17H20N4O3S. The van der Waals surface area contributed by atoms with Crippen LogP contribution in [0.2, 0.25) is 0 Å². The van der Waals surface area contributed by atoms with Gasteiger partial charge in [0.25, 0.3) is 0 Å². The number of ether oxygens (including phenoxy) is 1. The van der Waals surface area contributed by atoms with Crippen LogP contribution < -0.4 is 10.6 Å². The number of carbonyl (C=O) groups excluding carboxylic acids is 2. The minimum Gasteiger partial charge on any atom is -0.450 e. The maximum atomic E-state index is 12.2. The van der Waals surface area contributed by atoms with Crippen LogP contribution in [0.25, 0.3) is 0 Å². The number of hydrogen-bond acceptors (Lipinski definition) is 6. The van der Waals surface area contributed by atoms with Gasteiger partial charge < -0.3 is 10.1 Å². The van der Waals surface area contributed by atoms with Crippen molar-refractivity contribution < 1.29 is 14.3 Å². The van der Waals surface area contributed by atoms with Crippen LogP contribution in [0.4, 0.5) is 15.6 Å². The molecule has 7 nitrogen and oxygen atoms in total. The van der Waals surface area contributed by atoms with E-state index in [0.717, 1.165) is 29.2 Å². The molecule has 1 aliphatic rings. The first-order chi connectivity index (χ1) is 12.1. The highest BCUT2D eigenvalue weighted by molar-refractivity contribution is 7.15. The molecule has 8 heteroatoms. The number of anilines is 2. The number of nitrogens with zero attached hydrogens (tertiary/aromatic N) is 2. The fraction of sp³-hybridized carbons (Fsp3) is 0.353. The fourth-order valence-corrected chi connectivity index (χ4v) is 3.65. The molecule has 0 atom stereocenters. The van der Waals surface area contributed by atoms with E-state index >= 15 is 0 Å². The van der Waals surface area contributed by atoms with Gasteiger partial charge in [-0.1, -0.05) is 29.5 Å². The minimum atomic E-state index is -0.493. The number of nitrogens with one attached hydrogen (secondary N) is 2. The molecule has 132 valence electrons. The molecular weight excluding hydrogens is 340 g/mol. The summed E-state index contributed by atoms with van der Waals surface area (Å²) in [7, 11) is 0. The van der Waals surface area contributed by atoms with E-state index in [0.29, 0.717) is 24.8 Å². The second kappa shape index (κ2) is 8.09. The highest BCUT2D eigenvalue weighted by atomic mass is 32.1. The monoisotopic (exact) mass is 360 g/mol. The summed E-state index contributed by atoms with van der Waals surface area (Å²) in [5, 5.41) is 6.07. The lowest BCUT2D eigenvalue weighted by Crippen LogP contribution is -2.36. The molecule has 0 saturated carbocycles. The second-order valence-electron chi connectivity index (χ2n) is 5.61. The number of carbonyl (C=O) groups is 2. The van der Waals surface area contributed by atoms with E-state index in [4.69, 9.17) is 4.74 Å². The molecule has 1 aromatic heterocycles. The third-order valence-electron chi connectivity index (χ3n) is 3.72. The highest BCUT2D eigenvalue weighted by Gasteiger charge is 2.23. The Kier molecular flexibility index (Phi) is 5.62. The first kappa shape index (κ1) is 17.4. The van der Waals surface area contributed by atoms with E-state index in [1.165, 1.54) is 11.3 Å². The zero-order valence-electron chi connectivity index (χ0n) is 13.9. The molecule has 0 unspecified atom stereocenters. The molecule has 25 heavy (non-hydrogen) atoms. The van der Waals surface area contributed by atoms with Crippen molar-refractivity contribution in [1.82, 2.24) is 9.88 Å². The van der Waals surface area contributed by atoms with Crippen LogP contribution in [0.5, 0.6) is 0 Å². The average molecular weight is 360 g/mol. The Labute approximate surface area is 150 Å². The van der Waals surface area contributed by atoms with Gasteiger partial charge in [0.1, 0.15) is 0 Å². The second-order valence-corrected chi connectivity index (χ2v) is 6.69. The van der Waals surface area contributed by atoms with Gasteiger partial charge in [0.15, 0.2) is 5.13 Å². The largest absolute Gasteiger partial charge is 0.450 e. The van der Waals surface area contributed by atoms with Gasteiger partial charge in [-0.05, 0) is 19.1 Å². The van der Waals surface area contributed by atoms with E-state index in [1.807, 2.05) is 30.3 Å². The summed E-state index contributed by atoms with van der Waals surface area (Å²) in [6.07, 6.45) is 0.266. The van der Waals surface area contributed by atoms with Gasteiger partial charge in [-0.2, -0.15) is 0 Å². The zero-order chi connectivity index (χ0) is 17.6. The Morgan fingerprint density at radius 2 is 2.08 bits per heavy atom. The molecule has 0 saturated heterocycles. The van der Waals surface area contributed by atoms with Gasteiger partial charge in [0.05, 0.1) is 18.8 Å². The van der Waals surface area contributed by atoms with Crippen molar-refractivity contribution in [3.63, 3.8) is 0 Å². The first-order valence-corrected chi connectivity index (χ1v) is 8.95. The van der Waals surface area contributed by atoms with Crippen LogP contribution in [-0.2, 0) is 22.5 Å². The van der Waals surface area contributed by atoms with E-state index in [1.54, 1.807) is 6.92 Å². The summed E-state index contributed by atoms with van der Waals surface area (Å²) in [5.74, 6) is -0.0379. The van der Waals surface area contributed by atoms with Crippen molar-refractivity contribution in [2.45, 2.75) is 19.9 Å².